The van der Waals surface area contributed by atoms with Crippen LogP contribution in [0.2, 0.25) is 5.02 Å². The summed E-state index contributed by atoms with van der Waals surface area (Å²) in [6.45, 7) is 5.45. The lowest BCUT2D eigenvalue weighted by molar-refractivity contribution is -0.152. The molecule has 1 aromatic heterocycles. The van der Waals surface area contributed by atoms with Crippen molar-refractivity contribution in [2.45, 2.75) is 33.5 Å². The normalized spacial score (nSPS) is 12.0. The van der Waals surface area contributed by atoms with Gasteiger partial charge in [-0.25, -0.2) is 9.59 Å². The van der Waals surface area contributed by atoms with Gasteiger partial charge in [0.25, 0.3) is 0 Å². The Morgan fingerprint density at radius 2 is 1.89 bits per heavy atom. The number of aryl methyl sites for hydroxylation is 2. The van der Waals surface area contributed by atoms with Gasteiger partial charge in [-0.3, -0.25) is 0 Å². The number of halogens is 1. The topological polar surface area (TPSA) is 65.7 Å². The van der Waals surface area contributed by atoms with Crippen molar-refractivity contribution >= 4 is 28.5 Å². The molecule has 0 aliphatic carbocycles. The largest absolute Gasteiger partial charge is 0.479 e. The summed E-state index contributed by atoms with van der Waals surface area (Å²) < 4.78 is 16.1. The summed E-state index contributed by atoms with van der Waals surface area (Å²) in [6.07, 6.45) is -0.821. The zero-order valence-corrected chi connectivity index (χ0v) is 16.0. The van der Waals surface area contributed by atoms with Gasteiger partial charge in [0.2, 0.25) is 0 Å². The standard InChI is InChI=1S/C21H19ClO5/c1-12-7-18-15(9-20(23)27-19(18)8-13(12)2)11-25-21(24)14(3)26-17-6-4-5-16(22)10-17/h4-10,14H,11H2,1-3H3. The summed E-state index contributed by atoms with van der Waals surface area (Å²) in [7, 11) is 0. The Labute approximate surface area is 161 Å². The van der Waals surface area contributed by atoms with Crippen molar-refractivity contribution in [3.8, 4) is 5.75 Å². The Morgan fingerprint density at radius 1 is 1.15 bits per heavy atom. The first-order valence-electron chi connectivity index (χ1n) is 8.46. The molecule has 1 heterocycles. The van der Waals surface area contributed by atoms with E-state index in [1.807, 2.05) is 26.0 Å². The van der Waals surface area contributed by atoms with E-state index in [-0.39, 0.29) is 6.61 Å². The first-order valence-corrected chi connectivity index (χ1v) is 8.84. The maximum absolute atomic E-state index is 12.3. The quantitative estimate of drug-likeness (QED) is 0.474. The summed E-state index contributed by atoms with van der Waals surface area (Å²) in [5.74, 6) is -0.0657. The third-order valence-electron chi connectivity index (χ3n) is 4.26. The predicted octanol–water partition coefficient (Wildman–Crippen LogP) is 4.57. The lowest BCUT2D eigenvalue weighted by Crippen LogP contribution is -2.26. The second-order valence-electron chi connectivity index (χ2n) is 6.35. The molecule has 0 saturated carbocycles. The van der Waals surface area contributed by atoms with Crippen LogP contribution in [0, 0.1) is 13.8 Å². The molecule has 2 aromatic carbocycles. The van der Waals surface area contributed by atoms with Gasteiger partial charge in [0.1, 0.15) is 17.9 Å². The molecule has 5 nitrogen and oxygen atoms in total. The first kappa shape index (κ1) is 19.0. The van der Waals surface area contributed by atoms with Gasteiger partial charge in [-0.15, -0.1) is 0 Å². The predicted molar refractivity (Wildman–Crippen MR) is 103 cm³/mol. The number of hydrogen-bond acceptors (Lipinski definition) is 5. The van der Waals surface area contributed by atoms with Crippen LogP contribution < -0.4 is 10.4 Å². The molecule has 0 radical (unpaired) electrons. The molecular formula is C21H19ClO5. The van der Waals surface area contributed by atoms with Crippen molar-refractivity contribution < 1.29 is 18.7 Å². The third kappa shape index (κ3) is 4.49. The number of rotatable bonds is 5. The van der Waals surface area contributed by atoms with Crippen LogP contribution >= 0.6 is 11.6 Å². The number of carbonyl (C=O) groups excluding carboxylic acids is 1. The van der Waals surface area contributed by atoms with Gasteiger partial charge >= 0.3 is 11.6 Å². The van der Waals surface area contributed by atoms with Crippen LogP contribution in [0.4, 0.5) is 0 Å². The van der Waals surface area contributed by atoms with E-state index in [1.54, 1.807) is 31.2 Å². The molecule has 0 saturated heterocycles. The molecule has 1 unspecified atom stereocenters. The highest BCUT2D eigenvalue weighted by molar-refractivity contribution is 6.30. The molecule has 27 heavy (non-hydrogen) atoms. The second-order valence-corrected chi connectivity index (χ2v) is 6.78. The highest BCUT2D eigenvalue weighted by Gasteiger charge is 2.18. The smallest absolute Gasteiger partial charge is 0.347 e. The maximum Gasteiger partial charge on any atom is 0.347 e. The number of carbonyl (C=O) groups is 1. The zero-order valence-electron chi connectivity index (χ0n) is 15.2. The van der Waals surface area contributed by atoms with E-state index in [2.05, 4.69) is 0 Å². The average Bonchev–Trinajstić information content (AvgIpc) is 2.61. The number of esters is 1. The number of fused-ring (bicyclic) bond motifs is 1. The Bertz CT molecular complexity index is 1050. The molecule has 0 amide bonds. The van der Waals surface area contributed by atoms with Crippen LogP contribution in [0.5, 0.6) is 5.75 Å². The van der Waals surface area contributed by atoms with Crippen molar-refractivity contribution in [2.24, 2.45) is 0 Å². The minimum atomic E-state index is -0.821. The Morgan fingerprint density at radius 3 is 2.63 bits per heavy atom. The summed E-state index contributed by atoms with van der Waals surface area (Å²) in [4.78, 5) is 24.1. The molecule has 0 fully saturated rings. The van der Waals surface area contributed by atoms with E-state index >= 15 is 0 Å². The van der Waals surface area contributed by atoms with Crippen LogP contribution in [0.3, 0.4) is 0 Å². The van der Waals surface area contributed by atoms with Crippen molar-refractivity contribution in [1.29, 1.82) is 0 Å². The molecule has 0 aliphatic rings. The fraction of sp³-hybridized carbons (Fsp3) is 0.238. The molecule has 140 valence electrons. The average molecular weight is 387 g/mol. The van der Waals surface area contributed by atoms with Gasteiger partial charge in [0.15, 0.2) is 6.10 Å². The van der Waals surface area contributed by atoms with E-state index in [1.165, 1.54) is 6.07 Å². The summed E-state index contributed by atoms with van der Waals surface area (Å²) >= 11 is 5.91. The Kier molecular flexibility index (Phi) is 5.51. The highest BCUT2D eigenvalue weighted by Crippen LogP contribution is 2.23. The number of hydrogen-bond donors (Lipinski definition) is 0. The highest BCUT2D eigenvalue weighted by atomic mass is 35.5. The first-order chi connectivity index (χ1) is 12.8. The molecule has 3 rings (SSSR count). The van der Waals surface area contributed by atoms with Crippen LogP contribution in [-0.4, -0.2) is 12.1 Å². The summed E-state index contributed by atoms with van der Waals surface area (Å²) in [6, 6.07) is 11.8. The van der Waals surface area contributed by atoms with E-state index in [4.69, 9.17) is 25.5 Å². The third-order valence-corrected chi connectivity index (χ3v) is 4.49. The van der Waals surface area contributed by atoms with Crippen LogP contribution in [-0.2, 0) is 16.1 Å². The maximum atomic E-state index is 12.3. The van der Waals surface area contributed by atoms with E-state index in [0.717, 1.165) is 16.5 Å². The molecular weight excluding hydrogens is 368 g/mol. The van der Waals surface area contributed by atoms with Crippen molar-refractivity contribution in [3.05, 3.63) is 74.6 Å². The summed E-state index contributed by atoms with van der Waals surface area (Å²) in [5.41, 5.74) is 2.65. The molecule has 0 bridgehead atoms. The van der Waals surface area contributed by atoms with Gasteiger partial charge in [0.05, 0.1) is 0 Å². The minimum absolute atomic E-state index is 0.0489. The van der Waals surface area contributed by atoms with Gasteiger partial charge in [-0.2, -0.15) is 0 Å². The van der Waals surface area contributed by atoms with Crippen molar-refractivity contribution in [1.82, 2.24) is 0 Å². The van der Waals surface area contributed by atoms with E-state index < -0.39 is 17.7 Å². The fourth-order valence-electron chi connectivity index (χ4n) is 2.66. The zero-order chi connectivity index (χ0) is 19.6. The Hall–Kier alpha value is -2.79. The lowest BCUT2D eigenvalue weighted by atomic mass is 10.0. The number of benzene rings is 2. The molecule has 6 heteroatoms. The van der Waals surface area contributed by atoms with Crippen molar-refractivity contribution in [2.75, 3.05) is 0 Å². The lowest BCUT2D eigenvalue weighted by Gasteiger charge is -2.15. The fourth-order valence-corrected chi connectivity index (χ4v) is 2.84. The summed E-state index contributed by atoms with van der Waals surface area (Å²) in [5, 5.41) is 1.26. The molecule has 3 aromatic rings. The van der Waals surface area contributed by atoms with Crippen LogP contribution in [0.1, 0.15) is 23.6 Å². The Balaban J connectivity index is 1.75. The van der Waals surface area contributed by atoms with Gasteiger partial charge in [-0.05, 0) is 62.2 Å². The molecule has 0 spiro atoms. The van der Waals surface area contributed by atoms with E-state index in [9.17, 15) is 9.59 Å². The number of ether oxygens (including phenoxy) is 2. The molecule has 0 aliphatic heterocycles. The SMILES string of the molecule is Cc1cc2oc(=O)cc(COC(=O)C(C)Oc3cccc(Cl)c3)c2cc1C. The second kappa shape index (κ2) is 7.84. The minimum Gasteiger partial charge on any atom is -0.479 e. The van der Waals surface area contributed by atoms with Crippen molar-refractivity contribution in [3.63, 3.8) is 0 Å². The van der Waals surface area contributed by atoms with Crippen LogP contribution in [0.15, 0.2) is 51.7 Å². The van der Waals surface area contributed by atoms with Gasteiger partial charge in [0, 0.05) is 22.0 Å². The van der Waals surface area contributed by atoms with Crippen LogP contribution in [0.25, 0.3) is 11.0 Å². The van der Waals surface area contributed by atoms with Gasteiger partial charge in [-0.1, -0.05) is 17.7 Å². The monoisotopic (exact) mass is 386 g/mol. The van der Waals surface area contributed by atoms with E-state index in [0.29, 0.717) is 21.9 Å². The van der Waals surface area contributed by atoms with Gasteiger partial charge < -0.3 is 13.9 Å². The molecule has 0 N–H and O–H groups in total. The molecule has 1 atom stereocenters.